The van der Waals surface area contributed by atoms with Crippen LogP contribution in [-0.4, -0.2) is 35.3 Å². The van der Waals surface area contributed by atoms with E-state index in [2.05, 4.69) is 44.8 Å². The van der Waals surface area contributed by atoms with Gasteiger partial charge in [-0.15, -0.1) is 0 Å². The van der Waals surface area contributed by atoms with Crippen molar-refractivity contribution >= 4 is 11.8 Å². The number of nitrogens with zero attached hydrogens (tertiary/aromatic N) is 1. The van der Waals surface area contributed by atoms with Crippen LogP contribution in [0.3, 0.4) is 0 Å². The number of rotatable bonds is 6. The minimum atomic E-state index is -0.387. The third-order valence-corrected chi connectivity index (χ3v) is 6.09. The van der Waals surface area contributed by atoms with Crippen molar-refractivity contribution < 1.29 is 9.59 Å². The molecule has 0 aromatic heterocycles. The monoisotopic (exact) mass is 350 g/mol. The molecule has 2 rings (SSSR count). The summed E-state index contributed by atoms with van der Waals surface area (Å²) in [7, 11) is 0. The summed E-state index contributed by atoms with van der Waals surface area (Å²) in [5.74, 6) is 0.600. The zero-order chi connectivity index (χ0) is 19.0. The van der Waals surface area contributed by atoms with Gasteiger partial charge < -0.3 is 10.2 Å². The molecule has 0 spiro atoms. The summed E-state index contributed by atoms with van der Waals surface area (Å²) in [6, 6.07) is -0.0582. The van der Waals surface area contributed by atoms with Crippen LogP contribution in [0, 0.1) is 22.7 Å². The number of carbonyl (C=O) groups excluding carboxylic acids is 2. The third-order valence-electron chi connectivity index (χ3n) is 6.09. The molecule has 2 bridgehead atoms. The highest BCUT2D eigenvalue weighted by molar-refractivity contribution is 5.88. The summed E-state index contributed by atoms with van der Waals surface area (Å²) in [6.45, 7) is 16.0. The number of hydrogen-bond acceptors (Lipinski definition) is 2. The van der Waals surface area contributed by atoms with Gasteiger partial charge in [-0.3, -0.25) is 9.59 Å². The Bertz CT molecular complexity index is 514. The maximum atomic E-state index is 13.4. The Morgan fingerprint density at radius 2 is 1.80 bits per heavy atom. The van der Waals surface area contributed by atoms with Crippen molar-refractivity contribution in [3.05, 3.63) is 0 Å². The summed E-state index contributed by atoms with van der Waals surface area (Å²) in [5.41, 5.74) is 0.517. The van der Waals surface area contributed by atoms with E-state index in [0.717, 1.165) is 25.8 Å². The van der Waals surface area contributed by atoms with Crippen LogP contribution < -0.4 is 5.32 Å². The van der Waals surface area contributed by atoms with Gasteiger partial charge in [0.05, 0.1) is 0 Å². The largest absolute Gasteiger partial charge is 0.344 e. The maximum absolute atomic E-state index is 13.4. The summed E-state index contributed by atoms with van der Waals surface area (Å²) >= 11 is 0. The molecule has 1 saturated heterocycles. The zero-order valence-corrected chi connectivity index (χ0v) is 17.3. The van der Waals surface area contributed by atoms with Gasteiger partial charge in [0.25, 0.3) is 0 Å². The van der Waals surface area contributed by atoms with Gasteiger partial charge in [0.15, 0.2) is 0 Å². The average molecular weight is 351 g/mol. The summed E-state index contributed by atoms with van der Waals surface area (Å²) in [5, 5.41) is 3.06. The fraction of sp³-hybridized carbons (Fsp3) is 0.905. The number of carbonyl (C=O) groups is 2. The van der Waals surface area contributed by atoms with Gasteiger partial charge >= 0.3 is 0 Å². The van der Waals surface area contributed by atoms with Gasteiger partial charge in [-0.05, 0) is 41.9 Å². The molecule has 2 fully saturated rings. The SMILES string of the molecule is CCC(C)C(NC(=O)CC(C)C)C(=O)N1CC2(C)CC1CC(C)(C)C2. The highest BCUT2D eigenvalue weighted by Gasteiger charge is 2.52. The first-order chi connectivity index (χ1) is 11.5. The van der Waals surface area contributed by atoms with Crippen LogP contribution >= 0.6 is 0 Å². The number of hydrogen-bond donors (Lipinski definition) is 1. The minimum Gasteiger partial charge on any atom is -0.344 e. The molecule has 25 heavy (non-hydrogen) atoms. The second-order valence-corrected chi connectivity index (χ2v) is 10.2. The number of fused-ring (bicyclic) bond motifs is 2. The molecule has 2 amide bonds. The van der Waals surface area contributed by atoms with Crippen LogP contribution in [0.25, 0.3) is 0 Å². The first-order valence-electron chi connectivity index (χ1n) is 10.1. The van der Waals surface area contributed by atoms with E-state index in [1.165, 1.54) is 6.42 Å². The molecule has 0 aromatic carbocycles. The van der Waals surface area contributed by atoms with Gasteiger partial charge in [-0.2, -0.15) is 0 Å². The van der Waals surface area contributed by atoms with Crippen LogP contribution in [0.1, 0.15) is 80.6 Å². The topological polar surface area (TPSA) is 49.4 Å². The molecule has 0 aromatic rings. The molecule has 1 aliphatic carbocycles. The predicted octanol–water partition coefficient (Wildman–Crippen LogP) is 3.99. The van der Waals surface area contributed by atoms with Crippen LogP contribution in [0.2, 0.25) is 0 Å². The molecule has 4 unspecified atom stereocenters. The Labute approximate surface area is 154 Å². The molecule has 4 heteroatoms. The number of likely N-dealkylation sites (tertiary alicyclic amines) is 1. The first kappa shape index (κ1) is 20.3. The lowest BCUT2D eigenvalue weighted by molar-refractivity contribution is -0.139. The van der Waals surface area contributed by atoms with Gasteiger partial charge in [0, 0.05) is 19.0 Å². The highest BCUT2D eigenvalue weighted by Crippen LogP contribution is 2.52. The van der Waals surface area contributed by atoms with Gasteiger partial charge in [-0.25, -0.2) is 0 Å². The molecular formula is C21H38N2O2. The fourth-order valence-corrected chi connectivity index (χ4v) is 5.18. The van der Waals surface area contributed by atoms with Crippen LogP contribution in [0.15, 0.2) is 0 Å². The molecule has 4 atom stereocenters. The van der Waals surface area contributed by atoms with E-state index in [0.29, 0.717) is 23.8 Å². The Morgan fingerprint density at radius 1 is 1.16 bits per heavy atom. The average Bonchev–Trinajstić information content (AvgIpc) is 2.71. The van der Waals surface area contributed by atoms with Crippen LogP contribution in [0.4, 0.5) is 0 Å². The van der Waals surface area contributed by atoms with Crippen molar-refractivity contribution in [2.24, 2.45) is 22.7 Å². The molecular weight excluding hydrogens is 312 g/mol. The molecule has 1 saturated carbocycles. The number of nitrogens with one attached hydrogen (secondary N) is 1. The van der Waals surface area contributed by atoms with E-state index in [9.17, 15) is 9.59 Å². The van der Waals surface area contributed by atoms with E-state index in [-0.39, 0.29) is 29.2 Å². The zero-order valence-electron chi connectivity index (χ0n) is 17.3. The molecule has 1 aliphatic heterocycles. The smallest absolute Gasteiger partial charge is 0.245 e. The lowest BCUT2D eigenvalue weighted by Gasteiger charge is -2.39. The van der Waals surface area contributed by atoms with Crippen molar-refractivity contribution in [3.63, 3.8) is 0 Å². The third kappa shape index (κ3) is 4.77. The summed E-state index contributed by atoms with van der Waals surface area (Å²) in [6.07, 6.45) is 4.72. The van der Waals surface area contributed by atoms with Gasteiger partial charge in [0.1, 0.15) is 6.04 Å². The number of amides is 2. The Morgan fingerprint density at radius 3 is 2.36 bits per heavy atom. The highest BCUT2D eigenvalue weighted by atomic mass is 16.2. The first-order valence-corrected chi connectivity index (χ1v) is 10.1. The van der Waals surface area contributed by atoms with Gasteiger partial charge in [-0.1, -0.05) is 54.9 Å². The molecule has 1 N–H and O–H groups in total. The second-order valence-electron chi connectivity index (χ2n) is 10.2. The predicted molar refractivity (Wildman–Crippen MR) is 102 cm³/mol. The van der Waals surface area contributed by atoms with E-state index < -0.39 is 0 Å². The molecule has 1 heterocycles. The second kappa shape index (κ2) is 7.28. The molecule has 4 nitrogen and oxygen atoms in total. The van der Waals surface area contributed by atoms with Crippen molar-refractivity contribution in [2.45, 2.75) is 92.7 Å². The van der Waals surface area contributed by atoms with Crippen molar-refractivity contribution in [1.29, 1.82) is 0 Å². The lowest BCUT2D eigenvalue weighted by Crippen LogP contribution is -2.53. The van der Waals surface area contributed by atoms with E-state index in [1.54, 1.807) is 0 Å². The Balaban J connectivity index is 2.15. The molecule has 2 aliphatic rings. The molecule has 0 radical (unpaired) electrons. The quantitative estimate of drug-likeness (QED) is 0.787. The maximum Gasteiger partial charge on any atom is 0.245 e. The lowest BCUT2D eigenvalue weighted by atomic mass is 9.65. The summed E-state index contributed by atoms with van der Waals surface area (Å²) < 4.78 is 0. The van der Waals surface area contributed by atoms with E-state index in [4.69, 9.17) is 0 Å². The van der Waals surface area contributed by atoms with Crippen molar-refractivity contribution in [1.82, 2.24) is 10.2 Å². The minimum absolute atomic E-state index is 0.00219. The summed E-state index contributed by atoms with van der Waals surface area (Å²) in [4.78, 5) is 27.8. The normalized spacial score (nSPS) is 30.2. The standard InChI is InChI=1S/C21H38N2O2/c1-8-15(4)18(22-17(24)9-14(2)3)19(25)23-13-21(7)11-16(23)10-20(5,6)12-21/h14-16,18H,8-13H2,1-7H3,(H,22,24). The Hall–Kier alpha value is -1.06. The Kier molecular flexibility index (Phi) is 5.90. The molecule has 144 valence electrons. The van der Waals surface area contributed by atoms with Gasteiger partial charge in [0.2, 0.25) is 11.8 Å². The van der Waals surface area contributed by atoms with Crippen molar-refractivity contribution in [3.8, 4) is 0 Å². The fourth-order valence-electron chi connectivity index (χ4n) is 5.18. The van der Waals surface area contributed by atoms with E-state index in [1.807, 2.05) is 13.8 Å². The van der Waals surface area contributed by atoms with E-state index >= 15 is 0 Å². The van der Waals surface area contributed by atoms with Crippen molar-refractivity contribution in [2.75, 3.05) is 6.54 Å². The van der Waals surface area contributed by atoms with Crippen LogP contribution in [-0.2, 0) is 9.59 Å². The van der Waals surface area contributed by atoms with Crippen LogP contribution in [0.5, 0.6) is 0 Å².